The molecule has 0 radical (unpaired) electrons. The van der Waals surface area contributed by atoms with Crippen LogP contribution < -0.4 is 4.74 Å². The van der Waals surface area contributed by atoms with Gasteiger partial charge in [0.15, 0.2) is 5.75 Å². The van der Waals surface area contributed by atoms with Crippen molar-refractivity contribution in [3.05, 3.63) is 33.9 Å². The van der Waals surface area contributed by atoms with Gasteiger partial charge in [-0.15, -0.1) is 0 Å². The highest BCUT2D eigenvalue weighted by molar-refractivity contribution is 5.68. The normalized spacial score (nSPS) is 19.8. The maximum Gasteiger partial charge on any atom is 0.410 e. The Labute approximate surface area is 150 Å². The maximum atomic E-state index is 14.7. The number of rotatable bonds is 3. The number of likely N-dealkylation sites (tertiary alicyclic amines) is 1. The first-order valence-corrected chi connectivity index (χ1v) is 8.12. The molecule has 0 spiro atoms. The Kier molecular flexibility index (Phi) is 5.39. The van der Waals surface area contributed by atoms with Crippen molar-refractivity contribution in [2.75, 3.05) is 20.2 Å². The van der Waals surface area contributed by atoms with Crippen molar-refractivity contribution in [2.24, 2.45) is 0 Å². The van der Waals surface area contributed by atoms with E-state index >= 15 is 0 Å². The molecule has 1 fully saturated rings. The third kappa shape index (κ3) is 4.39. The lowest BCUT2D eigenvalue weighted by atomic mass is 9.86. The van der Waals surface area contributed by atoms with E-state index in [-0.39, 0.29) is 30.0 Å². The molecule has 26 heavy (non-hydrogen) atoms. The first-order valence-electron chi connectivity index (χ1n) is 8.12. The summed E-state index contributed by atoms with van der Waals surface area (Å²) in [5, 5.41) is 10.9. The first-order chi connectivity index (χ1) is 11.9. The summed E-state index contributed by atoms with van der Waals surface area (Å²) in [6, 6.07) is 3.73. The Morgan fingerprint density at radius 1 is 1.38 bits per heavy atom. The molecule has 9 heteroatoms. The first kappa shape index (κ1) is 19.9. The molecule has 1 unspecified atom stereocenters. The fourth-order valence-corrected chi connectivity index (χ4v) is 2.89. The van der Waals surface area contributed by atoms with Crippen molar-refractivity contribution in [3.63, 3.8) is 0 Å². The fourth-order valence-electron chi connectivity index (χ4n) is 2.89. The highest BCUT2D eigenvalue weighted by Crippen LogP contribution is 2.42. The van der Waals surface area contributed by atoms with Crippen molar-refractivity contribution in [1.29, 1.82) is 0 Å². The number of hydrogen-bond donors (Lipinski definition) is 0. The number of nitro groups is 1. The van der Waals surface area contributed by atoms with Gasteiger partial charge in [0, 0.05) is 12.6 Å². The van der Waals surface area contributed by atoms with E-state index in [0.29, 0.717) is 0 Å². The number of amides is 1. The van der Waals surface area contributed by atoms with Gasteiger partial charge in [-0.05, 0) is 38.8 Å². The van der Waals surface area contributed by atoms with Crippen molar-refractivity contribution in [3.8, 4) is 5.75 Å². The van der Waals surface area contributed by atoms with Gasteiger partial charge in [0.25, 0.3) is 5.92 Å². The summed E-state index contributed by atoms with van der Waals surface area (Å²) in [6.07, 6.45) is -0.773. The van der Waals surface area contributed by atoms with Gasteiger partial charge >= 0.3 is 11.8 Å². The van der Waals surface area contributed by atoms with Crippen molar-refractivity contribution in [1.82, 2.24) is 4.90 Å². The zero-order valence-electron chi connectivity index (χ0n) is 15.1. The summed E-state index contributed by atoms with van der Waals surface area (Å²) in [7, 11) is 1.25. The number of carbonyl (C=O) groups excluding carboxylic acids is 1. The van der Waals surface area contributed by atoms with E-state index in [4.69, 9.17) is 9.47 Å². The second-order valence-corrected chi connectivity index (χ2v) is 7.19. The largest absolute Gasteiger partial charge is 0.490 e. The minimum absolute atomic E-state index is 0.00715. The van der Waals surface area contributed by atoms with Gasteiger partial charge in [0.05, 0.1) is 24.5 Å². The molecular weight excluding hydrogens is 350 g/mol. The fraction of sp³-hybridized carbons (Fsp3) is 0.588. The van der Waals surface area contributed by atoms with Crippen LogP contribution >= 0.6 is 0 Å². The molecule has 1 aromatic rings. The van der Waals surface area contributed by atoms with Crippen molar-refractivity contribution >= 4 is 11.8 Å². The molecule has 144 valence electrons. The van der Waals surface area contributed by atoms with Crippen LogP contribution in [-0.4, -0.2) is 47.6 Å². The average Bonchev–Trinajstić information content (AvgIpc) is 2.51. The number of benzene rings is 1. The molecule has 2 rings (SSSR count). The van der Waals surface area contributed by atoms with E-state index in [0.717, 1.165) is 11.0 Å². The van der Waals surface area contributed by atoms with Crippen LogP contribution in [0.3, 0.4) is 0 Å². The molecule has 0 saturated carbocycles. The molecule has 1 aromatic carbocycles. The number of carbonyl (C=O) groups is 1. The lowest BCUT2D eigenvalue weighted by molar-refractivity contribution is -0.385. The highest BCUT2D eigenvalue weighted by Gasteiger charge is 2.47. The lowest BCUT2D eigenvalue weighted by Gasteiger charge is -2.39. The molecule has 1 aliphatic rings. The maximum absolute atomic E-state index is 14.7. The SMILES string of the molecule is COc1cc(C2CCN(C(=O)OC(C)(C)C)CC2(F)F)ccc1[N+](=O)[O-]. The van der Waals surface area contributed by atoms with E-state index in [1.807, 2.05) is 0 Å². The predicted molar refractivity (Wildman–Crippen MR) is 89.8 cm³/mol. The molecule has 1 amide bonds. The highest BCUT2D eigenvalue weighted by atomic mass is 19.3. The second kappa shape index (κ2) is 7.05. The van der Waals surface area contributed by atoms with Gasteiger partial charge in [0.1, 0.15) is 5.60 Å². The molecule has 1 atom stereocenters. The van der Waals surface area contributed by atoms with E-state index in [9.17, 15) is 23.7 Å². The molecule has 7 nitrogen and oxygen atoms in total. The number of hydrogen-bond acceptors (Lipinski definition) is 5. The Balaban J connectivity index is 2.21. The Hall–Kier alpha value is -2.45. The van der Waals surface area contributed by atoms with E-state index in [1.54, 1.807) is 20.8 Å². The quantitative estimate of drug-likeness (QED) is 0.592. The van der Waals surface area contributed by atoms with Crippen LogP contribution in [0.25, 0.3) is 0 Å². The standard InChI is InChI=1S/C17H22F2N2O5/c1-16(2,3)26-15(22)20-8-7-12(17(18,19)10-20)11-5-6-13(21(23)24)14(9-11)25-4/h5-6,9,12H,7-8,10H2,1-4H3. The summed E-state index contributed by atoms with van der Waals surface area (Å²) in [5.74, 6) is -4.44. The molecular formula is C17H22F2N2O5. The minimum atomic E-state index is -3.20. The number of halogens is 2. The van der Waals surface area contributed by atoms with Crippen molar-refractivity contribution in [2.45, 2.75) is 44.6 Å². The van der Waals surface area contributed by atoms with E-state index in [1.165, 1.54) is 19.2 Å². The van der Waals surface area contributed by atoms with Gasteiger partial charge in [-0.3, -0.25) is 10.1 Å². The van der Waals surface area contributed by atoms with Crippen LogP contribution in [0.2, 0.25) is 0 Å². The second-order valence-electron chi connectivity index (χ2n) is 7.19. The molecule has 0 N–H and O–H groups in total. The van der Waals surface area contributed by atoms with Crippen LogP contribution in [0.5, 0.6) is 5.75 Å². The van der Waals surface area contributed by atoms with Crippen molar-refractivity contribution < 1.29 is 28.0 Å². The number of piperidine rings is 1. The molecule has 1 aliphatic heterocycles. The lowest BCUT2D eigenvalue weighted by Crippen LogP contribution is -2.50. The van der Waals surface area contributed by atoms with Gasteiger partial charge in [-0.1, -0.05) is 6.07 Å². The summed E-state index contributed by atoms with van der Waals surface area (Å²) < 4.78 is 39.4. The number of nitro benzene ring substituents is 1. The summed E-state index contributed by atoms with van der Waals surface area (Å²) in [5.41, 5.74) is -0.818. The summed E-state index contributed by atoms with van der Waals surface area (Å²) in [6.45, 7) is 4.33. The smallest absolute Gasteiger partial charge is 0.410 e. The summed E-state index contributed by atoms with van der Waals surface area (Å²) in [4.78, 5) is 23.3. The molecule has 1 heterocycles. The van der Waals surface area contributed by atoms with Crippen LogP contribution in [-0.2, 0) is 4.74 Å². The zero-order chi connectivity index (χ0) is 19.7. The number of ether oxygens (including phenoxy) is 2. The Morgan fingerprint density at radius 2 is 2.04 bits per heavy atom. The minimum Gasteiger partial charge on any atom is -0.490 e. The van der Waals surface area contributed by atoms with Crippen LogP contribution in [0.15, 0.2) is 18.2 Å². The number of methoxy groups -OCH3 is 1. The monoisotopic (exact) mass is 372 g/mol. The molecule has 0 bridgehead atoms. The summed E-state index contributed by atoms with van der Waals surface area (Å²) >= 11 is 0. The van der Waals surface area contributed by atoms with Crippen LogP contribution in [0.1, 0.15) is 38.7 Å². The Bertz CT molecular complexity index is 703. The number of nitrogens with zero attached hydrogens (tertiary/aromatic N) is 2. The van der Waals surface area contributed by atoms with E-state index < -0.39 is 35.0 Å². The van der Waals surface area contributed by atoms with Crippen LogP contribution in [0.4, 0.5) is 19.3 Å². The third-order valence-electron chi connectivity index (χ3n) is 4.05. The van der Waals surface area contributed by atoms with E-state index in [2.05, 4.69) is 0 Å². The third-order valence-corrected chi connectivity index (χ3v) is 4.05. The average molecular weight is 372 g/mol. The van der Waals surface area contributed by atoms with Gasteiger partial charge < -0.3 is 14.4 Å². The van der Waals surface area contributed by atoms with Gasteiger partial charge in [-0.2, -0.15) is 0 Å². The topological polar surface area (TPSA) is 81.9 Å². The van der Waals surface area contributed by atoms with Gasteiger partial charge in [-0.25, -0.2) is 13.6 Å². The predicted octanol–water partition coefficient (Wildman–Crippen LogP) is 3.96. The van der Waals surface area contributed by atoms with Gasteiger partial charge in [0.2, 0.25) is 0 Å². The number of alkyl halides is 2. The Morgan fingerprint density at radius 3 is 2.54 bits per heavy atom. The molecule has 0 aromatic heterocycles. The van der Waals surface area contributed by atoms with Crippen LogP contribution in [0, 0.1) is 10.1 Å². The molecule has 1 saturated heterocycles. The zero-order valence-corrected chi connectivity index (χ0v) is 15.1. The molecule has 0 aliphatic carbocycles.